The fourth-order valence-corrected chi connectivity index (χ4v) is 3.68. The minimum absolute atomic E-state index is 0.0517. The largest absolute Gasteiger partial charge is 0.477 e. The van der Waals surface area contributed by atoms with E-state index in [0.29, 0.717) is 29.4 Å². The van der Waals surface area contributed by atoms with Crippen molar-refractivity contribution >= 4 is 18.0 Å². The Kier molecular flexibility index (Phi) is 8.50. The first kappa shape index (κ1) is 27.3. The van der Waals surface area contributed by atoms with Crippen molar-refractivity contribution in [2.75, 3.05) is 13.2 Å². The summed E-state index contributed by atoms with van der Waals surface area (Å²) in [5, 5.41) is 0.599. The van der Waals surface area contributed by atoms with Gasteiger partial charge in [-0.15, -0.1) is 0 Å². The van der Waals surface area contributed by atoms with E-state index in [0.717, 1.165) is 21.6 Å². The molecule has 1 heterocycles. The second-order valence-electron chi connectivity index (χ2n) is 7.99. The van der Waals surface area contributed by atoms with E-state index in [1.807, 2.05) is 25.1 Å². The van der Waals surface area contributed by atoms with Crippen LogP contribution in [0.25, 0.3) is 11.1 Å². The minimum Gasteiger partial charge on any atom is -0.477 e. The van der Waals surface area contributed by atoms with Crippen molar-refractivity contribution in [3.8, 4) is 17.0 Å². The molecule has 3 rings (SSSR count). The molecule has 0 saturated heterocycles. The van der Waals surface area contributed by atoms with Gasteiger partial charge in [-0.25, -0.2) is 4.98 Å². The number of ether oxygens (including phenoxy) is 1. The molecule has 0 bridgehead atoms. The molecular formula is C25H21ClF6N2O2. The highest BCUT2D eigenvalue weighted by molar-refractivity contribution is 6.30. The predicted octanol–water partition coefficient (Wildman–Crippen LogP) is 7.18. The van der Waals surface area contributed by atoms with Crippen molar-refractivity contribution < 1.29 is 35.9 Å². The molecular weight excluding hydrogens is 510 g/mol. The lowest BCUT2D eigenvalue weighted by Crippen LogP contribution is -2.24. The smallest absolute Gasteiger partial charge is 0.416 e. The summed E-state index contributed by atoms with van der Waals surface area (Å²) in [5.41, 5.74) is -0.562. The SMILES string of the molecule is Cc1c(-c2ccc(Cl)cc2)ccnc1OCCCN(C=O)Cc1cc(C(F)(F)F)cc(C(F)(F)F)c1. The molecule has 0 aliphatic carbocycles. The van der Waals surface area contributed by atoms with E-state index in [2.05, 4.69) is 4.98 Å². The van der Waals surface area contributed by atoms with Gasteiger partial charge in [-0.2, -0.15) is 26.3 Å². The van der Waals surface area contributed by atoms with Crippen LogP contribution >= 0.6 is 11.6 Å². The number of carbonyl (C=O) groups is 1. The highest BCUT2D eigenvalue weighted by Gasteiger charge is 2.37. The van der Waals surface area contributed by atoms with Gasteiger partial charge in [-0.05, 0) is 66.4 Å². The zero-order valence-corrected chi connectivity index (χ0v) is 19.7. The second-order valence-corrected chi connectivity index (χ2v) is 8.42. The summed E-state index contributed by atoms with van der Waals surface area (Å²) in [6, 6.07) is 10.3. The molecule has 0 atom stereocenters. The van der Waals surface area contributed by atoms with Gasteiger partial charge in [-0.3, -0.25) is 4.79 Å². The molecule has 0 aliphatic rings. The molecule has 0 saturated carbocycles. The Morgan fingerprint density at radius 1 is 0.972 bits per heavy atom. The van der Waals surface area contributed by atoms with Crippen molar-refractivity contribution in [2.45, 2.75) is 32.2 Å². The van der Waals surface area contributed by atoms with Gasteiger partial charge in [0.2, 0.25) is 12.3 Å². The molecule has 1 aromatic heterocycles. The number of aromatic nitrogens is 1. The third kappa shape index (κ3) is 7.13. The van der Waals surface area contributed by atoms with Crippen LogP contribution in [0.15, 0.2) is 54.7 Å². The number of pyridine rings is 1. The highest BCUT2D eigenvalue weighted by Crippen LogP contribution is 2.36. The molecule has 4 nitrogen and oxygen atoms in total. The van der Waals surface area contributed by atoms with Crippen LogP contribution in [-0.4, -0.2) is 29.4 Å². The van der Waals surface area contributed by atoms with Crippen molar-refractivity contribution in [1.82, 2.24) is 9.88 Å². The summed E-state index contributed by atoms with van der Waals surface area (Å²) < 4.78 is 84.2. The maximum atomic E-state index is 13.1. The van der Waals surface area contributed by atoms with Crippen LogP contribution in [0.1, 0.15) is 28.7 Å². The first-order valence-corrected chi connectivity index (χ1v) is 11.1. The van der Waals surface area contributed by atoms with Crippen molar-refractivity contribution in [2.24, 2.45) is 0 Å². The summed E-state index contributed by atoms with van der Waals surface area (Å²) in [7, 11) is 0. The minimum atomic E-state index is -4.96. The Bertz CT molecular complexity index is 1160. The summed E-state index contributed by atoms with van der Waals surface area (Å²) in [5.74, 6) is 0.368. The summed E-state index contributed by atoms with van der Waals surface area (Å²) in [4.78, 5) is 16.7. The number of rotatable bonds is 9. The number of halogens is 7. The lowest BCUT2D eigenvalue weighted by Gasteiger charge is -2.20. The van der Waals surface area contributed by atoms with Crippen LogP contribution < -0.4 is 4.74 Å². The third-order valence-electron chi connectivity index (χ3n) is 5.32. The molecule has 3 aromatic rings. The number of amides is 1. The van der Waals surface area contributed by atoms with Crippen LogP contribution in [0.3, 0.4) is 0 Å². The van der Waals surface area contributed by atoms with Crippen molar-refractivity contribution in [3.05, 3.63) is 82.0 Å². The normalized spacial score (nSPS) is 11.9. The average molecular weight is 531 g/mol. The molecule has 0 fully saturated rings. The Morgan fingerprint density at radius 3 is 2.14 bits per heavy atom. The van der Waals surface area contributed by atoms with Gasteiger partial charge in [0.25, 0.3) is 0 Å². The Balaban J connectivity index is 1.64. The fraction of sp³-hybridized carbons (Fsp3) is 0.280. The lowest BCUT2D eigenvalue weighted by molar-refractivity contribution is -0.143. The van der Waals surface area contributed by atoms with Gasteiger partial charge < -0.3 is 9.64 Å². The Morgan fingerprint density at radius 2 is 1.58 bits per heavy atom. The maximum Gasteiger partial charge on any atom is 0.416 e. The van der Waals surface area contributed by atoms with E-state index >= 15 is 0 Å². The van der Waals surface area contributed by atoms with Crippen molar-refractivity contribution in [1.29, 1.82) is 0 Å². The monoisotopic (exact) mass is 530 g/mol. The van der Waals surface area contributed by atoms with E-state index in [-0.39, 0.29) is 31.2 Å². The van der Waals surface area contributed by atoms with Crippen molar-refractivity contribution in [3.63, 3.8) is 0 Å². The molecule has 2 aromatic carbocycles. The highest BCUT2D eigenvalue weighted by atomic mass is 35.5. The fourth-order valence-electron chi connectivity index (χ4n) is 3.55. The maximum absolute atomic E-state index is 13.1. The third-order valence-corrected chi connectivity index (χ3v) is 5.58. The molecule has 0 radical (unpaired) electrons. The molecule has 0 N–H and O–H groups in total. The van der Waals surface area contributed by atoms with Gasteiger partial charge >= 0.3 is 12.4 Å². The zero-order valence-electron chi connectivity index (χ0n) is 19.0. The predicted molar refractivity (Wildman–Crippen MR) is 122 cm³/mol. The number of benzene rings is 2. The van der Waals surface area contributed by atoms with E-state index in [1.165, 1.54) is 0 Å². The topological polar surface area (TPSA) is 42.4 Å². The van der Waals surface area contributed by atoms with Gasteiger partial charge in [0, 0.05) is 29.9 Å². The summed E-state index contributed by atoms with van der Waals surface area (Å²) >= 11 is 5.93. The Labute approximate surface area is 208 Å². The summed E-state index contributed by atoms with van der Waals surface area (Å²) in [6.45, 7) is 1.59. The standard InChI is InChI=1S/C25H21ClF6N2O2/c1-16-22(18-3-5-21(26)6-4-18)7-8-33-23(16)36-10-2-9-34(15-35)14-17-11-19(24(27,28)29)13-20(12-17)25(30,31)32/h3-8,11-13,15H,2,9-10,14H2,1H3. The molecule has 1 amide bonds. The van der Waals surface area contributed by atoms with Crippen LogP contribution in [-0.2, 0) is 23.7 Å². The zero-order chi connectivity index (χ0) is 26.5. The van der Waals surface area contributed by atoms with Crippen LogP contribution in [0.2, 0.25) is 5.02 Å². The van der Waals surface area contributed by atoms with E-state index < -0.39 is 30.0 Å². The molecule has 0 aliphatic heterocycles. The van der Waals surface area contributed by atoms with E-state index in [9.17, 15) is 31.1 Å². The first-order chi connectivity index (χ1) is 16.9. The molecule has 192 valence electrons. The average Bonchev–Trinajstić information content (AvgIpc) is 2.81. The van der Waals surface area contributed by atoms with E-state index in [4.69, 9.17) is 16.3 Å². The molecule has 0 unspecified atom stereocenters. The van der Waals surface area contributed by atoms with Gasteiger partial charge in [-0.1, -0.05) is 23.7 Å². The molecule has 36 heavy (non-hydrogen) atoms. The molecule has 0 spiro atoms. The first-order valence-electron chi connectivity index (χ1n) is 10.7. The van der Waals surface area contributed by atoms with Gasteiger partial charge in [0.1, 0.15) is 0 Å². The number of alkyl halides is 6. The number of carbonyl (C=O) groups excluding carboxylic acids is 1. The number of hydrogen-bond acceptors (Lipinski definition) is 3. The van der Waals surface area contributed by atoms with Crippen LogP contribution in [0, 0.1) is 6.92 Å². The second kappa shape index (κ2) is 11.2. The van der Waals surface area contributed by atoms with Crippen LogP contribution in [0.4, 0.5) is 26.3 Å². The molecule has 11 heteroatoms. The van der Waals surface area contributed by atoms with E-state index in [1.54, 1.807) is 18.3 Å². The quantitative estimate of drug-likeness (QED) is 0.167. The summed E-state index contributed by atoms with van der Waals surface area (Å²) in [6.07, 6.45) is -7.69. The van der Waals surface area contributed by atoms with Gasteiger partial charge in [0.05, 0.1) is 17.7 Å². The number of hydrogen-bond donors (Lipinski definition) is 0. The number of nitrogens with zero attached hydrogens (tertiary/aromatic N) is 2. The Hall–Kier alpha value is -3.27. The van der Waals surface area contributed by atoms with Gasteiger partial charge in [0.15, 0.2) is 0 Å². The lowest BCUT2D eigenvalue weighted by atomic mass is 10.0. The van der Waals surface area contributed by atoms with Crippen LogP contribution in [0.5, 0.6) is 5.88 Å².